The molecule has 3 rings (SSSR count). The van der Waals surface area contributed by atoms with E-state index in [1.165, 1.54) is 12.0 Å². The number of aromatic amines is 1. The monoisotopic (exact) mass is 230 g/mol. The molecule has 1 atom stereocenters. The predicted molar refractivity (Wildman–Crippen MR) is 63.3 cm³/mol. The number of imidazole rings is 1. The van der Waals surface area contributed by atoms with Crippen LogP contribution in [0.4, 0.5) is 0 Å². The van der Waals surface area contributed by atoms with E-state index in [2.05, 4.69) is 26.5 Å². The standard InChI is InChI=1S/C12H14N4O/c1-7-3-2-4-8(7)11-14-9-5-13-10(6-17)15-12(9)16-11/h5,8,17H,1-4,6H2,(H,13,14,15,16). The summed E-state index contributed by atoms with van der Waals surface area (Å²) in [5.41, 5.74) is 2.68. The number of aliphatic hydroxyl groups is 1. The quantitative estimate of drug-likeness (QED) is 0.769. The number of aliphatic hydroxyl groups excluding tert-OH is 1. The summed E-state index contributed by atoms with van der Waals surface area (Å²) >= 11 is 0. The lowest BCUT2D eigenvalue weighted by atomic mass is 10.0. The zero-order valence-electron chi connectivity index (χ0n) is 9.48. The predicted octanol–water partition coefficient (Wildman–Crippen LogP) is 1.67. The van der Waals surface area contributed by atoms with Crippen LogP contribution in [0.1, 0.15) is 36.8 Å². The van der Waals surface area contributed by atoms with Gasteiger partial charge in [0.25, 0.3) is 0 Å². The number of rotatable bonds is 2. The van der Waals surface area contributed by atoms with Gasteiger partial charge in [0.15, 0.2) is 11.5 Å². The summed E-state index contributed by atoms with van der Waals surface area (Å²) in [5, 5.41) is 8.98. The summed E-state index contributed by atoms with van der Waals surface area (Å²) in [5.74, 6) is 1.65. The molecule has 0 aliphatic heterocycles. The van der Waals surface area contributed by atoms with E-state index < -0.39 is 0 Å². The zero-order chi connectivity index (χ0) is 11.8. The molecule has 2 N–H and O–H groups in total. The van der Waals surface area contributed by atoms with E-state index in [9.17, 15) is 0 Å². The maximum Gasteiger partial charge on any atom is 0.181 e. The van der Waals surface area contributed by atoms with Gasteiger partial charge in [0.05, 0.1) is 6.20 Å². The molecule has 0 spiro atoms. The highest BCUT2D eigenvalue weighted by Crippen LogP contribution is 2.36. The van der Waals surface area contributed by atoms with Crippen molar-refractivity contribution in [3.05, 3.63) is 30.0 Å². The third-order valence-corrected chi connectivity index (χ3v) is 3.26. The van der Waals surface area contributed by atoms with Crippen molar-refractivity contribution >= 4 is 11.2 Å². The molecule has 2 aromatic heterocycles. The van der Waals surface area contributed by atoms with Crippen LogP contribution in [0.25, 0.3) is 11.2 Å². The van der Waals surface area contributed by atoms with E-state index in [-0.39, 0.29) is 6.61 Å². The maximum atomic E-state index is 8.98. The van der Waals surface area contributed by atoms with Gasteiger partial charge in [-0.1, -0.05) is 12.2 Å². The van der Waals surface area contributed by atoms with Gasteiger partial charge in [0.2, 0.25) is 0 Å². The number of H-pyrrole nitrogens is 1. The fraction of sp³-hybridized carbons (Fsp3) is 0.417. The molecule has 0 bridgehead atoms. The summed E-state index contributed by atoms with van der Waals surface area (Å²) in [6.45, 7) is 3.92. The average Bonchev–Trinajstić information content (AvgIpc) is 2.93. The lowest BCUT2D eigenvalue weighted by molar-refractivity contribution is 0.271. The highest BCUT2D eigenvalue weighted by Gasteiger charge is 2.24. The smallest absolute Gasteiger partial charge is 0.181 e. The Bertz CT molecular complexity index is 575. The van der Waals surface area contributed by atoms with Crippen molar-refractivity contribution in [1.82, 2.24) is 19.9 Å². The normalized spacial score (nSPS) is 20.3. The van der Waals surface area contributed by atoms with Gasteiger partial charge in [-0.2, -0.15) is 0 Å². The first kappa shape index (κ1) is 10.4. The number of fused-ring (bicyclic) bond motifs is 1. The summed E-state index contributed by atoms with van der Waals surface area (Å²) in [4.78, 5) is 15.9. The topological polar surface area (TPSA) is 74.7 Å². The first-order valence-corrected chi connectivity index (χ1v) is 5.78. The summed E-state index contributed by atoms with van der Waals surface area (Å²) in [6.07, 6.45) is 5.02. The molecule has 17 heavy (non-hydrogen) atoms. The first-order valence-electron chi connectivity index (χ1n) is 5.78. The van der Waals surface area contributed by atoms with Gasteiger partial charge in [-0.25, -0.2) is 15.0 Å². The molecule has 5 heteroatoms. The Morgan fingerprint density at radius 3 is 3.06 bits per heavy atom. The second kappa shape index (κ2) is 3.92. The Hall–Kier alpha value is -1.75. The van der Waals surface area contributed by atoms with Crippen LogP contribution in [-0.4, -0.2) is 25.0 Å². The van der Waals surface area contributed by atoms with Gasteiger partial charge < -0.3 is 10.1 Å². The SMILES string of the molecule is C=C1CCCC1c1nc2nc(CO)ncc2[nH]1. The third kappa shape index (κ3) is 1.72. The van der Waals surface area contributed by atoms with Crippen LogP contribution in [0.2, 0.25) is 0 Å². The molecule has 2 aromatic rings. The van der Waals surface area contributed by atoms with Crippen LogP contribution < -0.4 is 0 Å². The molecular weight excluding hydrogens is 216 g/mol. The highest BCUT2D eigenvalue weighted by atomic mass is 16.3. The Balaban J connectivity index is 2.04. The van der Waals surface area contributed by atoms with E-state index in [0.29, 0.717) is 17.4 Å². The van der Waals surface area contributed by atoms with Gasteiger partial charge in [0.1, 0.15) is 17.9 Å². The van der Waals surface area contributed by atoms with Crippen molar-refractivity contribution < 1.29 is 5.11 Å². The third-order valence-electron chi connectivity index (χ3n) is 3.26. The molecule has 0 saturated heterocycles. The molecule has 0 radical (unpaired) electrons. The second-order valence-corrected chi connectivity index (χ2v) is 4.41. The lowest BCUT2D eigenvalue weighted by Gasteiger charge is -2.05. The lowest BCUT2D eigenvalue weighted by Crippen LogP contribution is -1.96. The number of aromatic nitrogens is 4. The number of hydrogen-bond acceptors (Lipinski definition) is 4. The molecule has 5 nitrogen and oxygen atoms in total. The minimum absolute atomic E-state index is 0.158. The Kier molecular flexibility index (Phi) is 2.40. The van der Waals surface area contributed by atoms with Crippen LogP contribution in [0.15, 0.2) is 18.3 Å². The van der Waals surface area contributed by atoms with E-state index in [1.807, 2.05) is 0 Å². The molecule has 1 unspecified atom stereocenters. The van der Waals surface area contributed by atoms with Gasteiger partial charge >= 0.3 is 0 Å². The number of hydrogen-bond donors (Lipinski definition) is 2. The molecular formula is C12H14N4O. The fourth-order valence-corrected chi connectivity index (χ4v) is 2.34. The van der Waals surface area contributed by atoms with Crippen LogP contribution in [-0.2, 0) is 6.61 Å². The van der Waals surface area contributed by atoms with E-state index in [0.717, 1.165) is 24.2 Å². The summed E-state index contributed by atoms with van der Waals surface area (Å²) < 4.78 is 0. The van der Waals surface area contributed by atoms with E-state index in [1.54, 1.807) is 6.20 Å². The average molecular weight is 230 g/mol. The molecule has 1 aliphatic carbocycles. The molecule has 88 valence electrons. The molecule has 1 aliphatic rings. The number of nitrogens with one attached hydrogen (secondary N) is 1. The van der Waals surface area contributed by atoms with Gasteiger partial charge in [-0.05, 0) is 19.3 Å². The van der Waals surface area contributed by atoms with Crippen LogP contribution in [0.3, 0.4) is 0 Å². The van der Waals surface area contributed by atoms with Crippen molar-refractivity contribution in [3.8, 4) is 0 Å². The van der Waals surface area contributed by atoms with Crippen molar-refractivity contribution in [1.29, 1.82) is 0 Å². The van der Waals surface area contributed by atoms with Crippen LogP contribution in [0, 0.1) is 0 Å². The van der Waals surface area contributed by atoms with Crippen molar-refractivity contribution in [3.63, 3.8) is 0 Å². The van der Waals surface area contributed by atoms with E-state index in [4.69, 9.17) is 5.11 Å². The highest BCUT2D eigenvalue weighted by molar-refractivity contribution is 5.69. The zero-order valence-corrected chi connectivity index (χ0v) is 9.48. The Morgan fingerprint density at radius 1 is 1.47 bits per heavy atom. The minimum Gasteiger partial charge on any atom is -0.388 e. The Morgan fingerprint density at radius 2 is 2.35 bits per heavy atom. The molecule has 0 amide bonds. The first-order chi connectivity index (χ1) is 8.28. The second-order valence-electron chi connectivity index (χ2n) is 4.41. The molecule has 2 heterocycles. The Labute approximate surface area is 98.6 Å². The maximum absolute atomic E-state index is 8.98. The summed E-state index contributed by atoms with van der Waals surface area (Å²) in [7, 11) is 0. The molecule has 0 aromatic carbocycles. The fourth-order valence-electron chi connectivity index (χ4n) is 2.34. The van der Waals surface area contributed by atoms with Crippen LogP contribution in [0.5, 0.6) is 0 Å². The van der Waals surface area contributed by atoms with Gasteiger partial charge in [0, 0.05) is 5.92 Å². The number of nitrogens with zero attached hydrogens (tertiary/aromatic N) is 3. The molecule has 1 saturated carbocycles. The van der Waals surface area contributed by atoms with Crippen molar-refractivity contribution in [2.45, 2.75) is 31.8 Å². The van der Waals surface area contributed by atoms with Gasteiger partial charge in [-0.15, -0.1) is 0 Å². The summed E-state index contributed by atoms with van der Waals surface area (Å²) in [6, 6.07) is 0. The van der Waals surface area contributed by atoms with Crippen LogP contribution >= 0.6 is 0 Å². The largest absolute Gasteiger partial charge is 0.388 e. The minimum atomic E-state index is -0.158. The van der Waals surface area contributed by atoms with Crippen molar-refractivity contribution in [2.75, 3.05) is 0 Å². The number of allylic oxidation sites excluding steroid dienone is 1. The van der Waals surface area contributed by atoms with Gasteiger partial charge in [-0.3, -0.25) is 0 Å². The van der Waals surface area contributed by atoms with Crippen molar-refractivity contribution in [2.24, 2.45) is 0 Å². The molecule has 1 fully saturated rings. The van der Waals surface area contributed by atoms with E-state index >= 15 is 0 Å².